The van der Waals surface area contributed by atoms with E-state index in [-0.39, 0.29) is 10.6 Å². The van der Waals surface area contributed by atoms with Gasteiger partial charge in [-0.2, -0.15) is 0 Å². The smallest absolute Gasteiger partial charge is 0.242 e. The number of nitrogens with two attached hydrogens (primary N) is 1. The maximum absolute atomic E-state index is 12.0. The zero-order valence-electron chi connectivity index (χ0n) is 9.97. The third-order valence-corrected chi connectivity index (χ3v) is 5.33. The third-order valence-electron chi connectivity index (χ3n) is 2.50. The number of thiophene rings is 1. The van der Waals surface area contributed by atoms with E-state index in [4.69, 9.17) is 17.3 Å². The average molecular weight is 317 g/mol. The summed E-state index contributed by atoms with van der Waals surface area (Å²) in [5, 5.41) is 0. The highest BCUT2D eigenvalue weighted by Crippen LogP contribution is 2.22. The molecule has 0 amide bonds. The molecule has 0 aliphatic carbocycles. The van der Waals surface area contributed by atoms with Crippen LogP contribution in [0.1, 0.15) is 4.88 Å². The number of sulfonamides is 1. The van der Waals surface area contributed by atoms with Crippen molar-refractivity contribution in [2.24, 2.45) is 0 Å². The summed E-state index contributed by atoms with van der Waals surface area (Å²) >= 11 is 7.25. The number of hydrogen-bond donors (Lipinski definition) is 2. The number of nitrogens with one attached hydrogen (secondary N) is 1. The molecule has 0 saturated carbocycles. The number of halogens is 1. The van der Waals surface area contributed by atoms with Crippen molar-refractivity contribution in [1.82, 2.24) is 4.72 Å². The predicted molar refractivity (Wildman–Crippen MR) is 79.1 cm³/mol. The molecule has 3 N–H and O–H groups in total. The summed E-state index contributed by atoms with van der Waals surface area (Å²) in [6.07, 6.45) is 0.601. The molecule has 102 valence electrons. The summed E-state index contributed by atoms with van der Waals surface area (Å²) in [5.41, 5.74) is 5.90. The van der Waals surface area contributed by atoms with E-state index in [0.717, 1.165) is 4.88 Å². The van der Waals surface area contributed by atoms with Crippen molar-refractivity contribution >= 4 is 38.6 Å². The van der Waals surface area contributed by atoms with E-state index >= 15 is 0 Å². The molecule has 4 nitrogen and oxygen atoms in total. The molecule has 0 aliphatic rings. The molecule has 0 bridgehead atoms. The molecule has 0 radical (unpaired) electrons. The van der Waals surface area contributed by atoms with E-state index < -0.39 is 10.0 Å². The zero-order chi connectivity index (χ0) is 13.9. The summed E-state index contributed by atoms with van der Waals surface area (Å²) in [4.78, 5) is 1.15. The van der Waals surface area contributed by atoms with Crippen LogP contribution < -0.4 is 10.5 Å². The molecule has 2 rings (SSSR count). The Morgan fingerprint density at radius 3 is 2.58 bits per heavy atom. The minimum absolute atomic E-state index is 0.110. The lowest BCUT2D eigenvalue weighted by atomic mass is 10.3. The van der Waals surface area contributed by atoms with E-state index in [1.165, 1.54) is 17.4 Å². The van der Waals surface area contributed by atoms with Crippen LogP contribution in [0, 0.1) is 0 Å². The minimum atomic E-state index is -3.56. The Bertz CT molecular complexity index is 668. The predicted octanol–water partition coefficient (Wildman–Crippen LogP) is 2.50. The van der Waals surface area contributed by atoms with Gasteiger partial charge in [0.25, 0.3) is 0 Å². The highest BCUT2D eigenvalue weighted by molar-refractivity contribution is 7.89. The van der Waals surface area contributed by atoms with Gasteiger partial charge >= 0.3 is 0 Å². The van der Waals surface area contributed by atoms with Gasteiger partial charge in [0.1, 0.15) is 4.90 Å². The lowest BCUT2D eigenvalue weighted by Gasteiger charge is -2.08. The molecule has 0 aliphatic heterocycles. The average Bonchev–Trinajstić information content (AvgIpc) is 2.75. The Labute approximate surface area is 121 Å². The fourth-order valence-electron chi connectivity index (χ4n) is 1.60. The lowest BCUT2D eigenvalue weighted by molar-refractivity contribution is 0.582. The number of para-hydroxylation sites is 1. The molecule has 1 heterocycles. The topological polar surface area (TPSA) is 72.2 Å². The van der Waals surface area contributed by atoms with Crippen molar-refractivity contribution < 1.29 is 8.42 Å². The molecule has 0 spiro atoms. The van der Waals surface area contributed by atoms with Crippen LogP contribution in [0.25, 0.3) is 0 Å². The number of hydrogen-bond acceptors (Lipinski definition) is 4. The molecule has 1 aromatic carbocycles. The van der Waals surface area contributed by atoms with Gasteiger partial charge in [0, 0.05) is 11.4 Å². The van der Waals surface area contributed by atoms with Crippen molar-refractivity contribution in [3.05, 3.63) is 45.6 Å². The van der Waals surface area contributed by atoms with Crippen molar-refractivity contribution in [2.45, 2.75) is 11.3 Å². The second-order valence-corrected chi connectivity index (χ2v) is 7.43. The zero-order valence-corrected chi connectivity index (χ0v) is 12.4. The van der Waals surface area contributed by atoms with Crippen LogP contribution in [0.3, 0.4) is 0 Å². The number of rotatable bonds is 5. The van der Waals surface area contributed by atoms with Crippen LogP contribution >= 0.6 is 22.9 Å². The summed E-state index contributed by atoms with van der Waals surface area (Å²) in [5.74, 6) is 0. The van der Waals surface area contributed by atoms with Gasteiger partial charge in [0.2, 0.25) is 10.0 Å². The number of benzene rings is 1. The van der Waals surface area contributed by atoms with E-state index in [2.05, 4.69) is 4.72 Å². The monoisotopic (exact) mass is 316 g/mol. The third kappa shape index (κ3) is 3.70. The van der Waals surface area contributed by atoms with Gasteiger partial charge in [0.15, 0.2) is 0 Å². The lowest BCUT2D eigenvalue weighted by Crippen LogP contribution is -2.26. The summed E-state index contributed by atoms with van der Waals surface area (Å²) in [6.45, 7) is 0.313. The van der Waals surface area contributed by atoms with Gasteiger partial charge in [-0.25, -0.2) is 13.1 Å². The van der Waals surface area contributed by atoms with Crippen molar-refractivity contribution in [3.8, 4) is 0 Å². The van der Waals surface area contributed by atoms with E-state index in [0.29, 0.717) is 17.3 Å². The molecule has 2 aromatic rings. The van der Waals surface area contributed by atoms with Crippen LogP contribution in [0.4, 0.5) is 5.69 Å². The molecule has 1 aromatic heterocycles. The molecular formula is C12H13ClN2O2S2. The van der Waals surface area contributed by atoms with Gasteiger partial charge in [-0.3, -0.25) is 0 Å². The van der Waals surface area contributed by atoms with E-state index in [9.17, 15) is 8.42 Å². The van der Waals surface area contributed by atoms with Crippen molar-refractivity contribution in [3.63, 3.8) is 0 Å². The van der Waals surface area contributed by atoms with Crippen LogP contribution in [0.15, 0.2) is 41.3 Å². The summed E-state index contributed by atoms with van der Waals surface area (Å²) < 4.78 is 27.3. The molecular weight excluding hydrogens is 304 g/mol. The second-order valence-electron chi connectivity index (χ2n) is 3.89. The quantitative estimate of drug-likeness (QED) is 0.832. The molecule has 0 fully saturated rings. The minimum Gasteiger partial charge on any atom is -0.398 e. The van der Waals surface area contributed by atoms with Crippen LogP contribution in [0.5, 0.6) is 0 Å². The number of anilines is 1. The Morgan fingerprint density at radius 2 is 1.95 bits per heavy atom. The summed E-state index contributed by atoms with van der Waals surface area (Å²) in [6, 6.07) is 10.1. The van der Waals surface area contributed by atoms with Crippen LogP contribution in [-0.2, 0) is 16.4 Å². The molecule has 19 heavy (non-hydrogen) atoms. The Hall–Kier alpha value is -1.08. The molecule has 0 atom stereocenters. The SMILES string of the molecule is Nc1ccccc1S(=O)(=O)NCCc1ccc(Cl)s1. The van der Waals surface area contributed by atoms with Crippen molar-refractivity contribution in [2.75, 3.05) is 12.3 Å². The second kappa shape index (κ2) is 5.92. The fourth-order valence-corrected chi connectivity index (χ4v) is 3.85. The van der Waals surface area contributed by atoms with Gasteiger partial charge in [0.05, 0.1) is 10.0 Å². The van der Waals surface area contributed by atoms with E-state index in [1.807, 2.05) is 6.07 Å². The van der Waals surface area contributed by atoms with Gasteiger partial charge in [-0.05, 0) is 30.7 Å². The van der Waals surface area contributed by atoms with Crippen molar-refractivity contribution in [1.29, 1.82) is 0 Å². The fraction of sp³-hybridized carbons (Fsp3) is 0.167. The maximum atomic E-state index is 12.0. The van der Waals surface area contributed by atoms with Gasteiger partial charge < -0.3 is 5.73 Å². The highest BCUT2D eigenvalue weighted by atomic mass is 35.5. The van der Waals surface area contributed by atoms with Gasteiger partial charge in [-0.1, -0.05) is 23.7 Å². The Balaban J connectivity index is 2.01. The van der Waals surface area contributed by atoms with Gasteiger partial charge in [-0.15, -0.1) is 11.3 Å². The number of nitrogen functional groups attached to an aromatic ring is 1. The first kappa shape index (κ1) is 14.3. The standard InChI is InChI=1S/C12H13ClN2O2S2/c13-12-6-5-9(18-12)7-8-15-19(16,17)11-4-2-1-3-10(11)14/h1-6,15H,7-8,14H2. The first-order valence-electron chi connectivity index (χ1n) is 5.57. The highest BCUT2D eigenvalue weighted by Gasteiger charge is 2.16. The van der Waals surface area contributed by atoms with Crippen LogP contribution in [-0.4, -0.2) is 15.0 Å². The summed E-state index contributed by atoms with van der Waals surface area (Å²) in [7, 11) is -3.56. The normalized spacial score (nSPS) is 11.6. The molecule has 0 saturated heterocycles. The van der Waals surface area contributed by atoms with Crippen LogP contribution in [0.2, 0.25) is 4.34 Å². The maximum Gasteiger partial charge on any atom is 0.242 e. The van der Waals surface area contributed by atoms with E-state index in [1.54, 1.807) is 24.3 Å². The Kier molecular flexibility index (Phi) is 4.46. The molecule has 0 unspecified atom stereocenters. The first-order valence-corrected chi connectivity index (χ1v) is 8.25. The first-order chi connectivity index (χ1) is 8.99. The Morgan fingerprint density at radius 1 is 1.21 bits per heavy atom. The largest absolute Gasteiger partial charge is 0.398 e. The molecule has 7 heteroatoms.